The molecular weight excluding hydrogens is 248 g/mol. The van der Waals surface area contributed by atoms with Crippen molar-refractivity contribution in [2.24, 2.45) is 0 Å². The minimum absolute atomic E-state index is 1.05. The first-order chi connectivity index (χ1) is 9.81. The fraction of sp³-hybridized carbons (Fsp3) is 0.500. The fourth-order valence-corrected chi connectivity index (χ4v) is 3.96. The van der Waals surface area contributed by atoms with E-state index in [-0.39, 0.29) is 0 Å². The Morgan fingerprint density at radius 3 is 2.05 bits per heavy atom. The van der Waals surface area contributed by atoms with Gasteiger partial charge in [-0.2, -0.15) is 0 Å². The Morgan fingerprint density at radius 2 is 1.45 bits per heavy atom. The summed E-state index contributed by atoms with van der Waals surface area (Å²) in [6.45, 7) is 8.35. The lowest BCUT2D eigenvalue weighted by Crippen LogP contribution is -2.79. The molecule has 106 valence electrons. The van der Waals surface area contributed by atoms with Gasteiger partial charge in [0.15, 0.2) is 0 Å². The van der Waals surface area contributed by atoms with Gasteiger partial charge in [0.05, 0.1) is 20.0 Å². The molecule has 5 rings (SSSR count). The van der Waals surface area contributed by atoms with Gasteiger partial charge in [-0.3, -0.25) is 4.48 Å². The van der Waals surface area contributed by atoms with E-state index in [1.54, 1.807) is 0 Å². The van der Waals surface area contributed by atoms with Crippen molar-refractivity contribution in [3.05, 3.63) is 48.0 Å². The molecule has 0 N–H and O–H groups in total. The van der Waals surface area contributed by atoms with Gasteiger partial charge in [0.2, 0.25) is 0 Å². The summed E-state index contributed by atoms with van der Waals surface area (Å²) in [5.41, 5.74) is 1.40. The summed E-state index contributed by atoms with van der Waals surface area (Å²) in [5.74, 6) is 0. The van der Waals surface area contributed by atoms with Crippen molar-refractivity contribution < 1.29 is 4.48 Å². The highest BCUT2D eigenvalue weighted by Crippen LogP contribution is 2.28. The Morgan fingerprint density at radius 1 is 0.850 bits per heavy atom. The molecule has 4 heteroatoms. The van der Waals surface area contributed by atoms with E-state index < -0.39 is 0 Å². The van der Waals surface area contributed by atoms with E-state index in [4.69, 9.17) is 0 Å². The Hall–Kier alpha value is -1.20. The van der Waals surface area contributed by atoms with Crippen LogP contribution in [0.15, 0.2) is 42.5 Å². The number of quaternary nitrogens is 1. The molecule has 1 aromatic rings. The number of allylic oxidation sites excluding steroid dienone is 1. The Bertz CT molecular complexity index is 461. The van der Waals surface area contributed by atoms with Gasteiger partial charge in [0.25, 0.3) is 0 Å². The highest BCUT2D eigenvalue weighted by molar-refractivity contribution is 5.17. The van der Waals surface area contributed by atoms with Gasteiger partial charge in [0.1, 0.15) is 26.6 Å². The van der Waals surface area contributed by atoms with Crippen molar-refractivity contribution >= 4 is 0 Å². The van der Waals surface area contributed by atoms with Crippen LogP contribution < -0.4 is 0 Å². The molecule has 4 fully saturated rings. The van der Waals surface area contributed by atoms with Crippen LogP contribution in [0.4, 0.5) is 0 Å². The van der Waals surface area contributed by atoms with Crippen LogP contribution in [-0.4, -0.2) is 65.7 Å². The normalized spacial score (nSPS) is 38.7. The van der Waals surface area contributed by atoms with Crippen molar-refractivity contribution in [1.82, 2.24) is 14.7 Å². The summed E-state index contributed by atoms with van der Waals surface area (Å²) in [5, 5.41) is 0. The second-order valence-electron chi connectivity index (χ2n) is 6.55. The number of hydrogen-bond donors (Lipinski definition) is 0. The predicted molar refractivity (Wildman–Crippen MR) is 79.1 cm³/mol. The van der Waals surface area contributed by atoms with Crippen LogP contribution in [-0.2, 0) is 6.42 Å². The first-order valence-corrected chi connectivity index (χ1v) is 7.53. The van der Waals surface area contributed by atoms with E-state index in [9.17, 15) is 0 Å². The quantitative estimate of drug-likeness (QED) is 0.603. The van der Waals surface area contributed by atoms with Crippen molar-refractivity contribution in [3.8, 4) is 0 Å². The minimum atomic E-state index is 1.05. The van der Waals surface area contributed by atoms with Gasteiger partial charge in [-0.1, -0.05) is 36.4 Å². The van der Waals surface area contributed by atoms with Crippen LogP contribution in [0.3, 0.4) is 0 Å². The highest BCUT2D eigenvalue weighted by Gasteiger charge is 2.47. The second-order valence-corrected chi connectivity index (χ2v) is 6.55. The molecule has 4 bridgehead atoms. The van der Waals surface area contributed by atoms with Crippen molar-refractivity contribution in [3.63, 3.8) is 0 Å². The smallest absolute Gasteiger partial charge is 0.139 e. The average molecular weight is 271 g/mol. The standard InChI is InChI=1S/C16H23N4/c1-2-6-16(7-3-1)8-4-5-9-20-13-17-10-18(14-20)12-19(11-17)15-20/h1-7H,8-15H2/q+1/b5-4+. The molecule has 0 spiro atoms. The molecule has 0 unspecified atom stereocenters. The molecule has 20 heavy (non-hydrogen) atoms. The molecule has 4 nitrogen and oxygen atoms in total. The van der Waals surface area contributed by atoms with E-state index in [2.05, 4.69) is 57.2 Å². The SMILES string of the molecule is C(=C\C[N+]12CN3CN(CN(C3)C1)C2)/Cc1ccccc1. The number of rotatable bonds is 4. The van der Waals surface area contributed by atoms with E-state index >= 15 is 0 Å². The maximum atomic E-state index is 2.57. The summed E-state index contributed by atoms with van der Waals surface area (Å²) < 4.78 is 1.20. The molecule has 0 aliphatic carbocycles. The van der Waals surface area contributed by atoms with Crippen molar-refractivity contribution in [2.45, 2.75) is 6.42 Å². The van der Waals surface area contributed by atoms with Crippen LogP contribution in [0.25, 0.3) is 0 Å². The molecule has 0 amide bonds. The third kappa shape index (κ3) is 2.40. The molecule has 0 aromatic heterocycles. The van der Waals surface area contributed by atoms with Crippen LogP contribution in [0.2, 0.25) is 0 Å². The fourth-order valence-electron chi connectivity index (χ4n) is 3.96. The van der Waals surface area contributed by atoms with Gasteiger partial charge in [-0.25, -0.2) is 14.7 Å². The molecule has 0 radical (unpaired) electrons. The highest BCUT2D eigenvalue weighted by atomic mass is 15.7. The van der Waals surface area contributed by atoms with E-state index in [1.807, 2.05) is 0 Å². The molecule has 0 atom stereocenters. The zero-order valence-electron chi connectivity index (χ0n) is 12.0. The molecule has 4 aliphatic heterocycles. The first-order valence-electron chi connectivity index (χ1n) is 7.53. The third-order valence-electron chi connectivity index (χ3n) is 4.56. The van der Waals surface area contributed by atoms with E-state index in [0.29, 0.717) is 0 Å². The van der Waals surface area contributed by atoms with E-state index in [1.165, 1.54) is 50.1 Å². The zero-order valence-corrected chi connectivity index (χ0v) is 12.0. The molecule has 4 saturated heterocycles. The van der Waals surface area contributed by atoms with Gasteiger partial charge < -0.3 is 0 Å². The zero-order chi connectivity index (χ0) is 13.4. The second kappa shape index (κ2) is 4.97. The predicted octanol–water partition coefficient (Wildman–Crippen LogP) is 1.29. The first kappa shape index (κ1) is 12.5. The minimum Gasteiger partial charge on any atom is -0.283 e. The monoisotopic (exact) mass is 271 g/mol. The Labute approximate surface area is 121 Å². The number of hydrogen-bond acceptors (Lipinski definition) is 3. The average Bonchev–Trinajstić information content (AvgIpc) is 2.43. The maximum Gasteiger partial charge on any atom is 0.139 e. The van der Waals surface area contributed by atoms with E-state index in [0.717, 1.165) is 13.0 Å². The lowest BCUT2D eigenvalue weighted by molar-refractivity contribution is -0.975. The van der Waals surface area contributed by atoms with Crippen LogP contribution in [0, 0.1) is 0 Å². The number of nitrogens with zero attached hydrogens (tertiary/aromatic N) is 4. The summed E-state index contributed by atoms with van der Waals surface area (Å²) in [4.78, 5) is 7.71. The molecular formula is C16H23N4+. The molecule has 1 aromatic carbocycles. The van der Waals surface area contributed by atoms with Gasteiger partial charge in [-0.05, 0) is 18.1 Å². The summed E-state index contributed by atoms with van der Waals surface area (Å²) in [7, 11) is 0. The summed E-state index contributed by atoms with van der Waals surface area (Å²) >= 11 is 0. The lowest BCUT2D eigenvalue weighted by atomic mass is 10.1. The van der Waals surface area contributed by atoms with Gasteiger partial charge in [-0.15, -0.1) is 0 Å². The molecule has 4 heterocycles. The maximum absolute atomic E-state index is 2.57. The van der Waals surface area contributed by atoms with Crippen LogP contribution in [0.5, 0.6) is 0 Å². The molecule has 0 saturated carbocycles. The Kier molecular flexibility index (Phi) is 3.11. The van der Waals surface area contributed by atoms with Crippen molar-refractivity contribution in [2.75, 3.05) is 46.6 Å². The lowest BCUT2D eigenvalue weighted by Gasteiger charge is -2.60. The third-order valence-corrected chi connectivity index (χ3v) is 4.56. The van der Waals surface area contributed by atoms with Crippen LogP contribution in [0.1, 0.15) is 5.56 Å². The van der Waals surface area contributed by atoms with Gasteiger partial charge >= 0.3 is 0 Å². The van der Waals surface area contributed by atoms with Crippen LogP contribution >= 0.6 is 0 Å². The number of benzene rings is 1. The van der Waals surface area contributed by atoms with Gasteiger partial charge in [0, 0.05) is 0 Å². The van der Waals surface area contributed by atoms with Crippen molar-refractivity contribution in [1.29, 1.82) is 0 Å². The summed E-state index contributed by atoms with van der Waals surface area (Å²) in [6.07, 6.45) is 5.79. The topological polar surface area (TPSA) is 9.72 Å². The largest absolute Gasteiger partial charge is 0.283 e. The summed E-state index contributed by atoms with van der Waals surface area (Å²) in [6, 6.07) is 10.7. The molecule has 4 aliphatic rings. The Balaban J connectivity index is 1.37.